The van der Waals surface area contributed by atoms with Gasteiger partial charge in [0, 0.05) is 39.0 Å². The molecule has 0 aliphatic carbocycles. The third-order valence-corrected chi connectivity index (χ3v) is 4.96. The third-order valence-electron chi connectivity index (χ3n) is 4.96. The Balaban J connectivity index is 1.67. The second-order valence-electron chi connectivity index (χ2n) is 6.64. The fourth-order valence-corrected chi connectivity index (χ4v) is 3.52. The highest BCUT2D eigenvalue weighted by Gasteiger charge is 2.46. The van der Waals surface area contributed by atoms with E-state index in [0.717, 1.165) is 18.2 Å². The molecule has 2 aliphatic heterocycles. The highest BCUT2D eigenvalue weighted by Crippen LogP contribution is 2.36. The number of carbonyl (C=O) groups excluding carboxylic acids is 1. The van der Waals surface area contributed by atoms with Crippen LogP contribution in [-0.4, -0.2) is 47.7 Å². The van der Waals surface area contributed by atoms with Crippen LogP contribution in [0.25, 0.3) is 0 Å². The number of alkyl halides is 3. The van der Waals surface area contributed by atoms with E-state index in [4.69, 9.17) is 4.74 Å². The first-order valence-corrected chi connectivity index (χ1v) is 8.28. The van der Waals surface area contributed by atoms with E-state index in [0.29, 0.717) is 39.0 Å². The molecular formula is C17H20F4N2O2. The lowest BCUT2D eigenvalue weighted by atomic mass is 9.91. The van der Waals surface area contributed by atoms with E-state index in [1.54, 1.807) is 4.90 Å². The summed E-state index contributed by atoms with van der Waals surface area (Å²) < 4.78 is 58.2. The smallest absolute Gasteiger partial charge is 0.416 e. The van der Waals surface area contributed by atoms with Gasteiger partial charge in [0.15, 0.2) is 0 Å². The number of amides is 1. The van der Waals surface area contributed by atoms with Crippen molar-refractivity contribution >= 4 is 6.09 Å². The van der Waals surface area contributed by atoms with Gasteiger partial charge in [-0.3, -0.25) is 4.90 Å². The van der Waals surface area contributed by atoms with Crippen molar-refractivity contribution in [2.75, 3.05) is 26.2 Å². The van der Waals surface area contributed by atoms with Crippen LogP contribution in [-0.2, 0) is 17.5 Å². The van der Waals surface area contributed by atoms with Crippen LogP contribution in [0.15, 0.2) is 18.2 Å². The van der Waals surface area contributed by atoms with Crippen molar-refractivity contribution in [3.05, 3.63) is 35.1 Å². The molecule has 0 atom stereocenters. The predicted octanol–water partition coefficient (Wildman–Crippen LogP) is 3.65. The number of likely N-dealkylation sites (N-methyl/N-ethyl adjacent to an activating group) is 1. The van der Waals surface area contributed by atoms with E-state index in [2.05, 4.69) is 0 Å². The molecule has 2 heterocycles. The van der Waals surface area contributed by atoms with Gasteiger partial charge in [-0.05, 0) is 30.7 Å². The van der Waals surface area contributed by atoms with Crippen LogP contribution in [0.1, 0.15) is 30.9 Å². The first kappa shape index (κ1) is 18.0. The highest BCUT2D eigenvalue weighted by atomic mass is 19.4. The molecule has 138 valence electrons. The van der Waals surface area contributed by atoms with Crippen LogP contribution in [0, 0.1) is 5.82 Å². The Morgan fingerprint density at radius 1 is 1.24 bits per heavy atom. The van der Waals surface area contributed by atoms with Crippen LogP contribution in [0.2, 0.25) is 0 Å². The summed E-state index contributed by atoms with van der Waals surface area (Å²) >= 11 is 0. The number of hydrogen-bond donors (Lipinski definition) is 0. The lowest BCUT2D eigenvalue weighted by Gasteiger charge is -2.37. The van der Waals surface area contributed by atoms with Crippen molar-refractivity contribution < 1.29 is 27.1 Å². The molecule has 0 aromatic heterocycles. The maximum absolute atomic E-state index is 13.4. The number of rotatable bonds is 3. The molecule has 2 saturated heterocycles. The van der Waals surface area contributed by atoms with Gasteiger partial charge in [-0.1, -0.05) is 0 Å². The van der Waals surface area contributed by atoms with Crippen molar-refractivity contribution in [3.8, 4) is 0 Å². The van der Waals surface area contributed by atoms with Crippen molar-refractivity contribution in [1.82, 2.24) is 9.80 Å². The molecule has 0 bridgehead atoms. The first-order chi connectivity index (χ1) is 11.7. The zero-order chi connectivity index (χ0) is 18.2. The maximum atomic E-state index is 13.4. The molecule has 0 saturated carbocycles. The minimum absolute atomic E-state index is 0.0219. The van der Waals surface area contributed by atoms with Gasteiger partial charge in [-0.2, -0.15) is 13.2 Å². The average molecular weight is 360 g/mol. The van der Waals surface area contributed by atoms with Gasteiger partial charge in [0.05, 0.1) is 12.1 Å². The summed E-state index contributed by atoms with van der Waals surface area (Å²) in [5.74, 6) is -0.681. The molecule has 1 amide bonds. The minimum atomic E-state index is -4.51. The fraction of sp³-hybridized carbons (Fsp3) is 0.588. The second kappa shape index (κ2) is 6.48. The molecule has 1 aromatic carbocycles. The van der Waals surface area contributed by atoms with E-state index in [1.807, 2.05) is 11.8 Å². The van der Waals surface area contributed by atoms with Crippen LogP contribution in [0.4, 0.5) is 22.4 Å². The van der Waals surface area contributed by atoms with E-state index in [9.17, 15) is 22.4 Å². The van der Waals surface area contributed by atoms with Crippen molar-refractivity contribution in [2.24, 2.45) is 0 Å². The zero-order valence-corrected chi connectivity index (χ0v) is 13.9. The Bertz CT molecular complexity index is 655. The van der Waals surface area contributed by atoms with E-state index >= 15 is 0 Å². The molecule has 0 radical (unpaired) electrons. The summed E-state index contributed by atoms with van der Waals surface area (Å²) in [6, 6.07) is 2.56. The van der Waals surface area contributed by atoms with Crippen LogP contribution in [0.5, 0.6) is 0 Å². The standard InChI is InChI=1S/C17H20F4N2O2/c1-2-23-11-16(25-15(23)24)5-7-22(8-6-16)10-12-9-13(18)3-4-14(12)17(19,20)21/h3-4,9H,2,5-8,10-11H2,1H3. The summed E-state index contributed by atoms with van der Waals surface area (Å²) in [7, 11) is 0. The number of benzene rings is 1. The molecule has 0 unspecified atom stereocenters. The van der Waals surface area contributed by atoms with Crippen molar-refractivity contribution in [3.63, 3.8) is 0 Å². The summed E-state index contributed by atoms with van der Waals surface area (Å²) in [6.07, 6.45) is -3.72. The topological polar surface area (TPSA) is 32.8 Å². The molecule has 2 fully saturated rings. The summed E-state index contributed by atoms with van der Waals surface area (Å²) in [5.41, 5.74) is -1.42. The molecule has 8 heteroatoms. The SMILES string of the molecule is CCN1CC2(CCN(Cc3cc(F)ccc3C(F)(F)F)CC2)OC1=O. The Morgan fingerprint density at radius 2 is 1.92 bits per heavy atom. The van der Waals surface area contributed by atoms with E-state index in [-0.39, 0.29) is 18.2 Å². The van der Waals surface area contributed by atoms with Gasteiger partial charge in [0.2, 0.25) is 0 Å². The Morgan fingerprint density at radius 3 is 2.48 bits per heavy atom. The number of nitrogens with zero attached hydrogens (tertiary/aromatic N) is 2. The highest BCUT2D eigenvalue weighted by molar-refractivity contribution is 5.70. The zero-order valence-electron chi connectivity index (χ0n) is 13.9. The molecule has 0 N–H and O–H groups in total. The predicted molar refractivity (Wildman–Crippen MR) is 82.4 cm³/mol. The summed E-state index contributed by atoms with van der Waals surface area (Å²) in [4.78, 5) is 15.2. The molecular weight excluding hydrogens is 340 g/mol. The molecule has 3 rings (SSSR count). The van der Waals surface area contributed by atoms with E-state index < -0.39 is 23.2 Å². The van der Waals surface area contributed by atoms with Gasteiger partial charge in [0.1, 0.15) is 11.4 Å². The summed E-state index contributed by atoms with van der Waals surface area (Å²) in [5, 5.41) is 0. The third kappa shape index (κ3) is 3.73. The van der Waals surface area contributed by atoms with Crippen molar-refractivity contribution in [2.45, 2.75) is 38.1 Å². The number of halogens is 4. The normalized spacial score (nSPS) is 21.0. The number of carbonyl (C=O) groups is 1. The Hall–Kier alpha value is -1.83. The fourth-order valence-electron chi connectivity index (χ4n) is 3.52. The summed E-state index contributed by atoms with van der Waals surface area (Å²) in [6.45, 7) is 3.98. The van der Waals surface area contributed by atoms with Gasteiger partial charge in [0.25, 0.3) is 0 Å². The Labute approximate surface area is 143 Å². The first-order valence-electron chi connectivity index (χ1n) is 8.28. The molecule has 1 aromatic rings. The largest absolute Gasteiger partial charge is 0.441 e. The quantitative estimate of drug-likeness (QED) is 0.772. The lowest BCUT2D eigenvalue weighted by Crippen LogP contribution is -2.46. The van der Waals surface area contributed by atoms with Crippen LogP contribution >= 0.6 is 0 Å². The van der Waals surface area contributed by atoms with Crippen molar-refractivity contribution in [1.29, 1.82) is 0 Å². The molecule has 25 heavy (non-hydrogen) atoms. The van der Waals surface area contributed by atoms with E-state index in [1.165, 1.54) is 0 Å². The maximum Gasteiger partial charge on any atom is 0.416 e. The van der Waals surface area contributed by atoms with Gasteiger partial charge in [-0.25, -0.2) is 9.18 Å². The number of ether oxygens (including phenoxy) is 1. The number of piperidine rings is 1. The molecule has 1 spiro atoms. The van der Waals surface area contributed by atoms with Crippen LogP contribution < -0.4 is 0 Å². The minimum Gasteiger partial charge on any atom is -0.441 e. The van der Waals surface area contributed by atoms with Crippen LogP contribution in [0.3, 0.4) is 0 Å². The number of hydrogen-bond acceptors (Lipinski definition) is 3. The molecule has 2 aliphatic rings. The van der Waals surface area contributed by atoms with Gasteiger partial charge >= 0.3 is 12.3 Å². The second-order valence-corrected chi connectivity index (χ2v) is 6.64. The average Bonchev–Trinajstić information content (AvgIpc) is 2.84. The number of likely N-dealkylation sites (tertiary alicyclic amines) is 1. The van der Waals surface area contributed by atoms with Gasteiger partial charge in [-0.15, -0.1) is 0 Å². The monoisotopic (exact) mass is 360 g/mol. The van der Waals surface area contributed by atoms with Gasteiger partial charge < -0.3 is 9.64 Å². The lowest BCUT2D eigenvalue weighted by molar-refractivity contribution is -0.138. The Kier molecular flexibility index (Phi) is 4.66. The molecule has 4 nitrogen and oxygen atoms in total.